The number of carbonyl (C=O) groups is 2. The quantitative estimate of drug-likeness (QED) is 0.116. The predicted molar refractivity (Wildman–Crippen MR) is 145 cm³/mol. The highest BCUT2D eigenvalue weighted by molar-refractivity contribution is 5.98. The fraction of sp³-hybridized carbons (Fsp3) is 0.733. The summed E-state index contributed by atoms with van der Waals surface area (Å²) in [6.45, 7) is 9.41. The number of benzene rings is 1. The van der Waals surface area contributed by atoms with Crippen LogP contribution in [0.15, 0.2) is 12.1 Å². The van der Waals surface area contributed by atoms with E-state index < -0.39 is 11.9 Å². The van der Waals surface area contributed by atoms with Crippen molar-refractivity contribution in [2.24, 2.45) is 0 Å². The second-order valence-corrected chi connectivity index (χ2v) is 9.23. The normalized spacial score (nSPS) is 10.8. The average Bonchev–Trinajstić information content (AvgIpc) is 2.87. The summed E-state index contributed by atoms with van der Waals surface area (Å²) in [6.07, 6.45) is 16.3. The molecular formula is C30H50O6. The molecule has 0 unspecified atom stereocenters. The largest absolute Gasteiger partial charge is 0.493 e. The van der Waals surface area contributed by atoms with Crippen LogP contribution in [0.4, 0.5) is 0 Å². The van der Waals surface area contributed by atoms with Gasteiger partial charge in [0.15, 0.2) is 0 Å². The Balaban J connectivity index is 2.86. The number of carbonyl (C=O) groups excluding carboxylic acids is 2. The standard InChI is InChI=1S/C30H50O6/c1-5-9-11-13-15-17-19-21-35-27-23-26(30(32)34-8-4)28(24-25(27)29(31)33-7-3)36-22-20-18-16-14-12-10-6-2/h23-24H,5-22H2,1-4H3. The molecule has 36 heavy (non-hydrogen) atoms. The van der Waals surface area contributed by atoms with Gasteiger partial charge in [-0.25, -0.2) is 9.59 Å². The first-order valence-corrected chi connectivity index (χ1v) is 14.4. The maximum atomic E-state index is 12.7. The monoisotopic (exact) mass is 506 g/mol. The van der Waals surface area contributed by atoms with Crippen molar-refractivity contribution in [3.05, 3.63) is 23.3 Å². The third-order valence-electron chi connectivity index (χ3n) is 6.08. The van der Waals surface area contributed by atoms with Crippen molar-refractivity contribution in [2.45, 2.75) is 118 Å². The van der Waals surface area contributed by atoms with Gasteiger partial charge in [-0.1, -0.05) is 90.9 Å². The van der Waals surface area contributed by atoms with Gasteiger partial charge in [0.25, 0.3) is 0 Å². The molecule has 0 radical (unpaired) electrons. The third-order valence-corrected chi connectivity index (χ3v) is 6.08. The van der Waals surface area contributed by atoms with Crippen LogP contribution in [0.1, 0.15) is 138 Å². The first-order chi connectivity index (χ1) is 17.6. The summed E-state index contributed by atoms with van der Waals surface area (Å²) in [5.74, 6) is -0.289. The number of unbranched alkanes of at least 4 members (excludes halogenated alkanes) is 12. The molecule has 206 valence electrons. The van der Waals surface area contributed by atoms with E-state index in [9.17, 15) is 9.59 Å². The highest BCUT2D eigenvalue weighted by atomic mass is 16.5. The molecule has 0 aliphatic rings. The van der Waals surface area contributed by atoms with E-state index in [1.54, 1.807) is 26.0 Å². The molecule has 0 spiro atoms. The van der Waals surface area contributed by atoms with Crippen molar-refractivity contribution in [3.8, 4) is 11.5 Å². The Morgan fingerprint density at radius 1 is 0.528 bits per heavy atom. The van der Waals surface area contributed by atoms with E-state index in [-0.39, 0.29) is 24.3 Å². The number of esters is 2. The summed E-state index contributed by atoms with van der Waals surface area (Å²) < 4.78 is 22.5. The highest BCUT2D eigenvalue weighted by Gasteiger charge is 2.23. The van der Waals surface area contributed by atoms with Crippen LogP contribution in [0.2, 0.25) is 0 Å². The number of rotatable bonds is 22. The fourth-order valence-electron chi connectivity index (χ4n) is 4.02. The van der Waals surface area contributed by atoms with Crippen LogP contribution < -0.4 is 9.47 Å². The Morgan fingerprint density at radius 3 is 1.19 bits per heavy atom. The second-order valence-electron chi connectivity index (χ2n) is 9.23. The highest BCUT2D eigenvalue weighted by Crippen LogP contribution is 2.31. The second kappa shape index (κ2) is 20.9. The van der Waals surface area contributed by atoms with E-state index in [1.165, 1.54) is 64.2 Å². The Bertz CT molecular complexity index is 669. The van der Waals surface area contributed by atoms with Crippen LogP contribution in [0, 0.1) is 0 Å². The maximum Gasteiger partial charge on any atom is 0.342 e. The van der Waals surface area contributed by atoms with E-state index in [4.69, 9.17) is 18.9 Å². The number of hydrogen-bond donors (Lipinski definition) is 0. The molecule has 1 rings (SSSR count). The minimum Gasteiger partial charge on any atom is -0.493 e. The van der Waals surface area contributed by atoms with Crippen LogP contribution in [0.3, 0.4) is 0 Å². The van der Waals surface area contributed by atoms with Crippen molar-refractivity contribution in [1.82, 2.24) is 0 Å². The van der Waals surface area contributed by atoms with Crippen molar-refractivity contribution in [2.75, 3.05) is 26.4 Å². The van der Waals surface area contributed by atoms with Crippen LogP contribution in [0.5, 0.6) is 11.5 Å². The molecular weight excluding hydrogens is 456 g/mol. The molecule has 0 saturated heterocycles. The van der Waals surface area contributed by atoms with Crippen molar-refractivity contribution < 1.29 is 28.5 Å². The zero-order chi connectivity index (χ0) is 26.4. The van der Waals surface area contributed by atoms with Gasteiger partial charge in [-0.05, 0) is 38.8 Å². The maximum absolute atomic E-state index is 12.7. The molecule has 1 aromatic rings. The van der Waals surface area contributed by atoms with E-state index in [0.717, 1.165) is 25.7 Å². The average molecular weight is 507 g/mol. The van der Waals surface area contributed by atoms with Gasteiger partial charge in [-0.15, -0.1) is 0 Å². The topological polar surface area (TPSA) is 71.1 Å². The number of hydrogen-bond acceptors (Lipinski definition) is 6. The number of ether oxygens (including phenoxy) is 4. The Hall–Kier alpha value is -2.24. The van der Waals surface area contributed by atoms with Gasteiger partial charge in [-0.3, -0.25) is 0 Å². The van der Waals surface area contributed by atoms with Gasteiger partial charge in [0, 0.05) is 0 Å². The lowest BCUT2D eigenvalue weighted by Gasteiger charge is -2.16. The molecule has 0 aromatic heterocycles. The lowest BCUT2D eigenvalue weighted by molar-refractivity contribution is 0.0503. The lowest BCUT2D eigenvalue weighted by Crippen LogP contribution is -2.14. The molecule has 6 nitrogen and oxygen atoms in total. The van der Waals surface area contributed by atoms with Crippen molar-refractivity contribution in [1.29, 1.82) is 0 Å². The summed E-state index contributed by atoms with van der Waals surface area (Å²) in [6, 6.07) is 3.15. The SMILES string of the molecule is CCCCCCCCCOc1cc(C(=O)OCC)c(OCCCCCCCCC)cc1C(=O)OCC. The van der Waals surface area contributed by atoms with Gasteiger partial charge < -0.3 is 18.9 Å². The first-order valence-electron chi connectivity index (χ1n) is 14.4. The van der Waals surface area contributed by atoms with E-state index >= 15 is 0 Å². The molecule has 0 amide bonds. The summed E-state index contributed by atoms with van der Waals surface area (Å²) >= 11 is 0. The lowest BCUT2D eigenvalue weighted by atomic mass is 10.1. The Morgan fingerprint density at radius 2 is 0.861 bits per heavy atom. The van der Waals surface area contributed by atoms with Crippen LogP contribution in [-0.2, 0) is 9.47 Å². The molecule has 0 N–H and O–H groups in total. The summed E-state index contributed by atoms with van der Waals surface area (Å²) in [5.41, 5.74) is 0.560. The Labute approximate surface area is 219 Å². The summed E-state index contributed by atoms with van der Waals surface area (Å²) in [7, 11) is 0. The predicted octanol–water partition coefficient (Wildman–Crippen LogP) is 8.30. The Kier molecular flexibility index (Phi) is 18.5. The molecule has 0 aliphatic carbocycles. The smallest absolute Gasteiger partial charge is 0.342 e. The minimum atomic E-state index is -0.483. The molecule has 0 saturated carbocycles. The molecule has 1 aromatic carbocycles. The molecule has 6 heteroatoms. The van der Waals surface area contributed by atoms with Crippen molar-refractivity contribution in [3.63, 3.8) is 0 Å². The van der Waals surface area contributed by atoms with Crippen LogP contribution in [0.25, 0.3) is 0 Å². The van der Waals surface area contributed by atoms with E-state index in [2.05, 4.69) is 13.8 Å². The molecule has 0 bridgehead atoms. The fourth-order valence-corrected chi connectivity index (χ4v) is 4.02. The van der Waals surface area contributed by atoms with E-state index in [1.807, 2.05) is 0 Å². The molecule has 0 atom stereocenters. The van der Waals surface area contributed by atoms with Crippen LogP contribution >= 0.6 is 0 Å². The van der Waals surface area contributed by atoms with Crippen LogP contribution in [-0.4, -0.2) is 38.4 Å². The zero-order valence-electron chi connectivity index (χ0n) is 23.3. The van der Waals surface area contributed by atoms with Gasteiger partial charge in [0.2, 0.25) is 0 Å². The molecule has 0 fully saturated rings. The third kappa shape index (κ3) is 13.2. The first kappa shape index (κ1) is 31.8. The van der Waals surface area contributed by atoms with Gasteiger partial charge in [-0.2, -0.15) is 0 Å². The summed E-state index contributed by atoms with van der Waals surface area (Å²) in [5, 5.41) is 0. The van der Waals surface area contributed by atoms with Gasteiger partial charge in [0.1, 0.15) is 22.6 Å². The molecule has 0 heterocycles. The van der Waals surface area contributed by atoms with E-state index in [0.29, 0.717) is 24.7 Å². The van der Waals surface area contributed by atoms with Gasteiger partial charge >= 0.3 is 11.9 Å². The van der Waals surface area contributed by atoms with Crippen molar-refractivity contribution >= 4 is 11.9 Å². The minimum absolute atomic E-state index is 0.254. The summed E-state index contributed by atoms with van der Waals surface area (Å²) in [4.78, 5) is 25.4. The van der Waals surface area contributed by atoms with Gasteiger partial charge in [0.05, 0.1) is 26.4 Å². The zero-order valence-corrected chi connectivity index (χ0v) is 23.3. The molecule has 0 aliphatic heterocycles.